The number of carbonyl (C=O) groups excluding carboxylic acids is 2. The molecule has 0 fully saturated rings. The minimum Gasteiger partial charge on any atom is -0.453 e. The first kappa shape index (κ1) is 19.0. The summed E-state index contributed by atoms with van der Waals surface area (Å²) >= 11 is 0. The summed E-state index contributed by atoms with van der Waals surface area (Å²) in [6.45, 7) is 1.09. The molecule has 1 aromatic heterocycles. The Labute approximate surface area is 162 Å². The number of methoxy groups -OCH3 is 1. The molecule has 0 atom stereocenters. The fraction of sp³-hybridized carbons (Fsp3) is 0.150. The molecule has 0 aliphatic carbocycles. The van der Waals surface area contributed by atoms with E-state index in [1.165, 1.54) is 7.11 Å². The molecule has 8 nitrogen and oxygen atoms in total. The van der Waals surface area contributed by atoms with Gasteiger partial charge in [0.2, 0.25) is 0 Å². The smallest absolute Gasteiger partial charge is 0.411 e. The lowest BCUT2D eigenvalue weighted by Crippen LogP contribution is -2.28. The third-order valence-corrected chi connectivity index (χ3v) is 4.04. The summed E-state index contributed by atoms with van der Waals surface area (Å²) in [7, 11) is 1.29. The summed E-state index contributed by atoms with van der Waals surface area (Å²) in [5.74, 6) is 0. The maximum Gasteiger partial charge on any atom is 0.411 e. The van der Waals surface area contributed by atoms with Crippen LogP contribution >= 0.6 is 0 Å². The molecule has 0 saturated heterocycles. The number of rotatable bonds is 6. The van der Waals surface area contributed by atoms with Gasteiger partial charge in [-0.3, -0.25) is 5.32 Å². The molecule has 0 unspecified atom stereocenters. The standard InChI is InChI=1S/C20H21N5O3/c1-28-20(27)24-18-8-6-17(7-9-18)23-19(26)22-12-15-4-2-3-5-16(15)13-25-11-10-21-14-25/h2-11,14H,12-13H2,1H3,(H,24,27)(H2,22,23,26). The van der Waals surface area contributed by atoms with Gasteiger partial charge in [0.25, 0.3) is 0 Å². The lowest BCUT2D eigenvalue weighted by Gasteiger charge is -2.12. The molecule has 0 spiro atoms. The van der Waals surface area contributed by atoms with Gasteiger partial charge in [-0.15, -0.1) is 0 Å². The summed E-state index contributed by atoms with van der Waals surface area (Å²) < 4.78 is 6.51. The number of nitrogens with one attached hydrogen (secondary N) is 3. The average molecular weight is 379 g/mol. The van der Waals surface area contributed by atoms with Crippen molar-refractivity contribution in [2.75, 3.05) is 17.7 Å². The lowest BCUT2D eigenvalue weighted by molar-refractivity contribution is 0.187. The summed E-state index contributed by atoms with van der Waals surface area (Å²) in [6, 6.07) is 14.3. The highest BCUT2D eigenvalue weighted by Gasteiger charge is 2.06. The molecule has 0 bridgehead atoms. The van der Waals surface area contributed by atoms with Gasteiger partial charge in [-0.2, -0.15) is 0 Å². The van der Waals surface area contributed by atoms with E-state index in [1.54, 1.807) is 36.8 Å². The van der Waals surface area contributed by atoms with Crippen LogP contribution in [-0.4, -0.2) is 28.8 Å². The van der Waals surface area contributed by atoms with E-state index in [0.717, 1.165) is 11.1 Å². The third-order valence-electron chi connectivity index (χ3n) is 4.04. The summed E-state index contributed by atoms with van der Waals surface area (Å²) in [6.07, 6.45) is 4.85. The molecule has 0 aliphatic rings. The Morgan fingerprint density at radius 2 is 1.68 bits per heavy atom. The number of ether oxygens (including phenoxy) is 1. The molecule has 1 heterocycles. The van der Waals surface area contributed by atoms with E-state index in [-0.39, 0.29) is 6.03 Å². The van der Waals surface area contributed by atoms with Crippen LogP contribution in [0.5, 0.6) is 0 Å². The number of carbonyl (C=O) groups is 2. The van der Waals surface area contributed by atoms with Crippen LogP contribution in [0.4, 0.5) is 21.0 Å². The Kier molecular flexibility index (Phi) is 6.25. The first-order valence-electron chi connectivity index (χ1n) is 8.66. The highest BCUT2D eigenvalue weighted by Crippen LogP contribution is 2.14. The second kappa shape index (κ2) is 9.22. The van der Waals surface area contributed by atoms with Crippen molar-refractivity contribution >= 4 is 23.5 Å². The fourth-order valence-corrected chi connectivity index (χ4v) is 2.62. The summed E-state index contributed by atoms with van der Waals surface area (Å²) in [5, 5.41) is 8.17. The SMILES string of the molecule is COC(=O)Nc1ccc(NC(=O)NCc2ccccc2Cn2ccnc2)cc1. The number of anilines is 2. The third kappa shape index (κ3) is 5.34. The number of benzene rings is 2. The van der Waals surface area contributed by atoms with Crippen LogP contribution in [0.15, 0.2) is 67.3 Å². The van der Waals surface area contributed by atoms with Gasteiger partial charge in [0, 0.05) is 36.9 Å². The Morgan fingerprint density at radius 3 is 2.32 bits per heavy atom. The quantitative estimate of drug-likeness (QED) is 0.611. The Bertz CT molecular complexity index is 923. The van der Waals surface area contributed by atoms with E-state index in [4.69, 9.17) is 0 Å². The van der Waals surface area contributed by atoms with Gasteiger partial charge in [0.1, 0.15) is 0 Å². The second-order valence-electron chi connectivity index (χ2n) is 6.01. The Balaban J connectivity index is 1.54. The molecule has 0 saturated carbocycles. The lowest BCUT2D eigenvalue weighted by atomic mass is 10.1. The molecular weight excluding hydrogens is 358 g/mol. The summed E-state index contributed by atoms with van der Waals surface area (Å²) in [5.41, 5.74) is 3.33. The van der Waals surface area contributed by atoms with Crippen LogP contribution in [0.1, 0.15) is 11.1 Å². The van der Waals surface area contributed by atoms with Gasteiger partial charge >= 0.3 is 12.1 Å². The number of nitrogens with zero attached hydrogens (tertiary/aromatic N) is 2. The van der Waals surface area contributed by atoms with Crippen molar-refractivity contribution in [3.8, 4) is 0 Å². The molecule has 2 aromatic carbocycles. The van der Waals surface area contributed by atoms with E-state index < -0.39 is 6.09 Å². The fourth-order valence-electron chi connectivity index (χ4n) is 2.62. The maximum atomic E-state index is 12.2. The average Bonchev–Trinajstić information content (AvgIpc) is 3.22. The van der Waals surface area contributed by atoms with Crippen molar-refractivity contribution in [1.82, 2.24) is 14.9 Å². The zero-order chi connectivity index (χ0) is 19.8. The Hall–Kier alpha value is -3.81. The van der Waals surface area contributed by atoms with Crippen LogP contribution in [0, 0.1) is 0 Å². The normalized spacial score (nSPS) is 10.2. The number of hydrogen-bond donors (Lipinski definition) is 3. The van der Waals surface area contributed by atoms with E-state index in [2.05, 4.69) is 25.7 Å². The van der Waals surface area contributed by atoms with Crippen molar-refractivity contribution < 1.29 is 14.3 Å². The number of amides is 3. The zero-order valence-electron chi connectivity index (χ0n) is 15.4. The second-order valence-corrected chi connectivity index (χ2v) is 6.01. The maximum absolute atomic E-state index is 12.2. The molecular formula is C20H21N5O3. The van der Waals surface area contributed by atoms with Crippen molar-refractivity contribution in [3.63, 3.8) is 0 Å². The van der Waals surface area contributed by atoms with Gasteiger partial charge in [0.15, 0.2) is 0 Å². The zero-order valence-corrected chi connectivity index (χ0v) is 15.4. The van der Waals surface area contributed by atoms with Crippen molar-refractivity contribution in [2.24, 2.45) is 0 Å². The van der Waals surface area contributed by atoms with Crippen LogP contribution < -0.4 is 16.0 Å². The van der Waals surface area contributed by atoms with Crippen LogP contribution in [-0.2, 0) is 17.8 Å². The van der Waals surface area contributed by atoms with Crippen LogP contribution in [0.3, 0.4) is 0 Å². The molecule has 3 N–H and O–H groups in total. The Morgan fingerprint density at radius 1 is 1.00 bits per heavy atom. The van der Waals surface area contributed by atoms with Gasteiger partial charge in [-0.25, -0.2) is 14.6 Å². The number of hydrogen-bond acceptors (Lipinski definition) is 4. The van der Waals surface area contributed by atoms with E-state index in [0.29, 0.717) is 24.5 Å². The van der Waals surface area contributed by atoms with Crippen molar-refractivity contribution in [2.45, 2.75) is 13.1 Å². The highest BCUT2D eigenvalue weighted by atomic mass is 16.5. The highest BCUT2D eigenvalue weighted by molar-refractivity contribution is 5.90. The van der Waals surface area contributed by atoms with E-state index in [1.807, 2.05) is 35.0 Å². The molecule has 144 valence electrons. The molecule has 0 radical (unpaired) electrons. The first-order chi connectivity index (χ1) is 13.6. The predicted molar refractivity (Wildman–Crippen MR) is 106 cm³/mol. The van der Waals surface area contributed by atoms with Crippen molar-refractivity contribution in [1.29, 1.82) is 0 Å². The predicted octanol–water partition coefficient (Wildman–Crippen LogP) is 3.43. The van der Waals surface area contributed by atoms with Crippen molar-refractivity contribution in [3.05, 3.63) is 78.4 Å². The molecule has 3 amide bonds. The van der Waals surface area contributed by atoms with Crippen LogP contribution in [0.2, 0.25) is 0 Å². The van der Waals surface area contributed by atoms with E-state index in [9.17, 15) is 9.59 Å². The molecule has 8 heteroatoms. The van der Waals surface area contributed by atoms with Crippen LogP contribution in [0.25, 0.3) is 0 Å². The molecule has 28 heavy (non-hydrogen) atoms. The topological polar surface area (TPSA) is 97.3 Å². The van der Waals surface area contributed by atoms with E-state index >= 15 is 0 Å². The number of imidazole rings is 1. The van der Waals surface area contributed by atoms with Gasteiger partial charge in [-0.05, 0) is 35.4 Å². The first-order valence-corrected chi connectivity index (χ1v) is 8.66. The molecule has 0 aliphatic heterocycles. The summed E-state index contributed by atoms with van der Waals surface area (Å²) in [4.78, 5) is 27.4. The molecule has 3 aromatic rings. The minimum atomic E-state index is -0.548. The largest absolute Gasteiger partial charge is 0.453 e. The number of urea groups is 1. The monoisotopic (exact) mass is 379 g/mol. The minimum absolute atomic E-state index is 0.314. The van der Waals surface area contributed by atoms with Gasteiger partial charge in [-0.1, -0.05) is 24.3 Å². The van der Waals surface area contributed by atoms with Gasteiger partial charge < -0.3 is 19.9 Å². The molecule has 3 rings (SSSR count). The van der Waals surface area contributed by atoms with Gasteiger partial charge in [0.05, 0.1) is 13.4 Å². The number of aromatic nitrogens is 2.